The molecule has 3 aromatic carbocycles. The fraction of sp³-hybridized carbons (Fsp3) is 0.500. The molecule has 3 nitrogen and oxygen atoms in total. The molecular formula is C36H54MoN3. The van der Waals surface area contributed by atoms with Crippen LogP contribution in [0.15, 0.2) is 54.6 Å². The molecule has 0 saturated heterocycles. The SMILES string of the molecule is [2H]C([2H])([2H])C(C)([N-]c1cc(C)cc(C)c1)C([2H])([2H])[2H].[2H]C([2H])([2H])C(C)([N-]c1cc(C)cc(C)c1)C([2H])([2H])[2H].[2H]C([2H])([2H])C(C)([N-]c1cc(C)cc(C)c1)C([2H])([2H])[2H].[Mo+3]. The first kappa shape index (κ1) is 17.0. The predicted molar refractivity (Wildman–Crippen MR) is 176 cm³/mol. The van der Waals surface area contributed by atoms with Gasteiger partial charge in [-0.1, -0.05) is 150 Å². The number of hydrogen-bond donors (Lipinski definition) is 0. The van der Waals surface area contributed by atoms with E-state index in [1.54, 1.807) is 36.4 Å². The van der Waals surface area contributed by atoms with Crippen LogP contribution in [0.3, 0.4) is 0 Å². The third-order valence-corrected chi connectivity index (χ3v) is 4.68. The fourth-order valence-corrected chi connectivity index (χ4v) is 3.82. The van der Waals surface area contributed by atoms with Crippen LogP contribution in [0.4, 0.5) is 17.1 Å². The fourth-order valence-electron chi connectivity index (χ4n) is 3.82. The van der Waals surface area contributed by atoms with Crippen molar-refractivity contribution in [2.24, 2.45) is 0 Å². The Morgan fingerprint density at radius 3 is 0.725 bits per heavy atom. The van der Waals surface area contributed by atoms with Crippen LogP contribution in [-0.2, 0) is 21.1 Å². The summed E-state index contributed by atoms with van der Waals surface area (Å²) in [6, 6.07) is 15.9. The molecule has 0 aliphatic carbocycles. The van der Waals surface area contributed by atoms with Gasteiger partial charge in [0.05, 0.1) is 0 Å². The zero-order valence-corrected chi connectivity index (χ0v) is 27.0. The molecule has 0 atom stereocenters. The summed E-state index contributed by atoms with van der Waals surface area (Å²) in [4.78, 5) is 0. The largest absolute Gasteiger partial charge is 3.00 e. The molecule has 0 N–H and O–H groups in total. The van der Waals surface area contributed by atoms with E-state index in [0.29, 0.717) is 17.1 Å². The van der Waals surface area contributed by atoms with Gasteiger partial charge in [-0.2, -0.15) is 0 Å². The summed E-state index contributed by atoms with van der Waals surface area (Å²) in [5, 5.41) is 12.1. The van der Waals surface area contributed by atoms with E-state index in [1.165, 1.54) is 0 Å². The molecule has 0 aliphatic rings. The van der Waals surface area contributed by atoms with Gasteiger partial charge in [-0.05, 0) is 41.5 Å². The Morgan fingerprint density at radius 1 is 0.400 bits per heavy atom. The van der Waals surface area contributed by atoms with Crippen LogP contribution in [0.2, 0.25) is 0 Å². The molecule has 0 saturated carbocycles. The molecule has 4 heteroatoms. The predicted octanol–water partition coefficient (Wildman–Crippen LogP) is 12.3. The molecule has 0 bridgehead atoms. The van der Waals surface area contributed by atoms with Crippen LogP contribution in [-0.4, -0.2) is 16.6 Å². The minimum atomic E-state index is -2.70. The molecule has 0 unspecified atom stereocenters. The van der Waals surface area contributed by atoms with E-state index in [1.807, 2.05) is 59.7 Å². The van der Waals surface area contributed by atoms with Crippen LogP contribution in [0.1, 0.15) is 120 Å². The number of benzene rings is 3. The van der Waals surface area contributed by atoms with Crippen LogP contribution in [0.5, 0.6) is 0 Å². The molecule has 0 heterocycles. The second kappa shape index (κ2) is 15.7. The van der Waals surface area contributed by atoms with Crippen LogP contribution >= 0.6 is 0 Å². The molecule has 1 radical (unpaired) electrons. The van der Waals surface area contributed by atoms with Gasteiger partial charge in [0.25, 0.3) is 0 Å². The van der Waals surface area contributed by atoms with E-state index >= 15 is 0 Å². The quantitative estimate of drug-likeness (QED) is 0.255. The second-order valence-corrected chi connectivity index (χ2v) is 10.6. The molecule has 0 spiro atoms. The summed E-state index contributed by atoms with van der Waals surface area (Å²) in [7, 11) is 0. The molecule has 0 aromatic heterocycles. The molecule has 219 valence electrons. The van der Waals surface area contributed by atoms with Gasteiger partial charge in [-0.25, -0.2) is 0 Å². The molecule has 0 fully saturated rings. The maximum absolute atomic E-state index is 7.48. The van der Waals surface area contributed by atoms with Crippen LogP contribution < -0.4 is 0 Å². The summed E-state index contributed by atoms with van der Waals surface area (Å²) >= 11 is 0. The maximum Gasteiger partial charge on any atom is 3.00 e. The third-order valence-electron chi connectivity index (χ3n) is 4.68. The Morgan fingerprint density at radius 2 is 0.575 bits per heavy atom. The van der Waals surface area contributed by atoms with E-state index in [9.17, 15) is 0 Å². The standard InChI is InChI=1S/3C12H18N.Mo/c3*1-9-6-10(2)8-11(7-9)13-12(3,4)5;/h3*6-8H,1-5H3;/q3*-1;+3/i3*3D3,4D3;. The molecule has 0 amide bonds. The van der Waals surface area contributed by atoms with Crippen molar-refractivity contribution in [2.75, 3.05) is 0 Å². The number of hydrogen-bond acceptors (Lipinski definition) is 0. The maximum atomic E-state index is 7.48. The summed E-state index contributed by atoms with van der Waals surface area (Å²) in [6.07, 6.45) is 0. The number of aryl methyl sites for hydroxylation is 6. The monoisotopic (exact) mass is 644 g/mol. The number of nitrogens with zero attached hydrogens (tertiary/aromatic N) is 3. The Balaban J connectivity index is 0.000000833. The topological polar surface area (TPSA) is 42.3 Å². The normalized spacial score (nSPS) is 19.7. The molecule has 40 heavy (non-hydrogen) atoms. The Labute approximate surface area is 286 Å². The van der Waals surface area contributed by atoms with E-state index < -0.39 is 57.7 Å². The molecule has 0 aliphatic heterocycles. The molecular weight excluding hydrogens is 570 g/mol. The zero-order chi connectivity index (χ0) is 45.2. The number of rotatable bonds is 3. The Hall–Kier alpha value is -2.25. The van der Waals surface area contributed by atoms with E-state index in [0.717, 1.165) is 54.2 Å². The van der Waals surface area contributed by atoms with Crippen molar-refractivity contribution >= 4 is 17.1 Å². The van der Waals surface area contributed by atoms with E-state index in [4.69, 9.17) is 24.7 Å². The average Bonchev–Trinajstić information content (AvgIpc) is 2.92. The Kier molecular flexibility index (Phi) is 6.66. The van der Waals surface area contributed by atoms with Crippen molar-refractivity contribution in [3.05, 3.63) is 104 Å². The van der Waals surface area contributed by atoms with Gasteiger partial charge in [0, 0.05) is 24.7 Å². The van der Waals surface area contributed by atoms with Crippen molar-refractivity contribution in [3.63, 3.8) is 0 Å². The van der Waals surface area contributed by atoms with E-state index in [-0.39, 0.29) is 21.1 Å². The van der Waals surface area contributed by atoms with Crippen molar-refractivity contribution in [2.45, 2.75) is 120 Å². The van der Waals surface area contributed by atoms with Gasteiger partial charge in [-0.15, -0.1) is 33.7 Å². The van der Waals surface area contributed by atoms with Gasteiger partial charge in [0.1, 0.15) is 0 Å². The van der Waals surface area contributed by atoms with Gasteiger partial charge >= 0.3 is 21.1 Å². The summed E-state index contributed by atoms with van der Waals surface area (Å²) < 4.78 is 135. The molecule has 3 rings (SSSR count). The molecule has 3 aromatic rings. The van der Waals surface area contributed by atoms with E-state index in [2.05, 4.69) is 16.0 Å². The first-order valence-corrected chi connectivity index (χ1v) is 12.5. The van der Waals surface area contributed by atoms with Crippen LogP contribution in [0.25, 0.3) is 16.0 Å². The second-order valence-electron chi connectivity index (χ2n) is 10.6. The van der Waals surface area contributed by atoms with Gasteiger partial charge in [-0.3, -0.25) is 0 Å². The van der Waals surface area contributed by atoms with Crippen molar-refractivity contribution in [1.82, 2.24) is 0 Å². The van der Waals surface area contributed by atoms with Crippen molar-refractivity contribution < 1.29 is 45.7 Å². The summed E-state index contributed by atoms with van der Waals surface area (Å²) in [5.74, 6) is 0. The third kappa shape index (κ3) is 18.2. The minimum Gasteiger partial charge on any atom is -0.680 e. The van der Waals surface area contributed by atoms with Gasteiger partial charge in [0.15, 0.2) is 0 Å². The van der Waals surface area contributed by atoms with Crippen LogP contribution in [0, 0.1) is 41.5 Å². The first-order valence-electron chi connectivity index (χ1n) is 21.5. The summed E-state index contributed by atoms with van der Waals surface area (Å²) in [5.41, 5.74) is 0.297. The zero-order valence-electron chi connectivity index (χ0n) is 42.9. The van der Waals surface area contributed by atoms with Gasteiger partial charge in [0.2, 0.25) is 0 Å². The minimum absolute atomic E-state index is 0. The average molecular weight is 643 g/mol. The Bertz CT molecular complexity index is 1490. The van der Waals surface area contributed by atoms with Gasteiger partial charge < -0.3 is 16.0 Å². The smallest absolute Gasteiger partial charge is 0.680 e. The van der Waals surface area contributed by atoms with Crippen molar-refractivity contribution in [3.8, 4) is 0 Å². The first-order chi connectivity index (χ1) is 25.1. The summed E-state index contributed by atoms with van der Waals surface area (Å²) in [6.45, 7) is -1.59. The van der Waals surface area contributed by atoms with Crippen molar-refractivity contribution in [1.29, 1.82) is 0 Å².